The molecule has 0 bridgehead atoms. The lowest BCUT2D eigenvalue weighted by Crippen LogP contribution is -2.24. The van der Waals surface area contributed by atoms with Gasteiger partial charge in [-0.25, -0.2) is 13.4 Å². The number of anilines is 2. The van der Waals surface area contributed by atoms with Crippen LogP contribution < -0.4 is 10.0 Å². The second-order valence-corrected chi connectivity index (χ2v) is 11.1. The van der Waals surface area contributed by atoms with E-state index < -0.39 is 10.0 Å². The van der Waals surface area contributed by atoms with Crippen LogP contribution in [-0.2, 0) is 21.2 Å². The van der Waals surface area contributed by atoms with Crippen LogP contribution in [0.5, 0.6) is 0 Å². The van der Waals surface area contributed by atoms with Crippen molar-refractivity contribution >= 4 is 38.1 Å². The van der Waals surface area contributed by atoms with Gasteiger partial charge in [0.25, 0.3) is 0 Å². The maximum atomic E-state index is 13.0. The van der Waals surface area contributed by atoms with Crippen molar-refractivity contribution in [3.05, 3.63) is 65.2 Å². The van der Waals surface area contributed by atoms with Crippen LogP contribution in [0.15, 0.2) is 54.6 Å². The summed E-state index contributed by atoms with van der Waals surface area (Å²) in [4.78, 5) is 18.5. The molecule has 31 heavy (non-hydrogen) atoms. The monoisotopic (exact) mass is 453 g/mol. The minimum absolute atomic E-state index is 0.102. The Bertz CT molecular complexity index is 1200. The average molecular weight is 454 g/mol. The third-order valence-corrected chi connectivity index (χ3v) is 8.73. The van der Waals surface area contributed by atoms with E-state index in [0.29, 0.717) is 30.1 Å². The maximum absolute atomic E-state index is 13.0. The summed E-state index contributed by atoms with van der Waals surface area (Å²) in [5, 5.41) is 3.08. The van der Waals surface area contributed by atoms with Gasteiger partial charge in [0.1, 0.15) is 0 Å². The number of hydrogen-bond donors (Lipinski definition) is 2. The summed E-state index contributed by atoms with van der Waals surface area (Å²) in [7, 11) is -3.36. The van der Waals surface area contributed by atoms with Crippen LogP contribution in [0.1, 0.15) is 42.2 Å². The molecule has 8 heteroatoms. The van der Waals surface area contributed by atoms with Crippen LogP contribution in [0.25, 0.3) is 11.1 Å². The molecule has 160 valence electrons. The fourth-order valence-electron chi connectivity index (χ4n) is 3.91. The second-order valence-electron chi connectivity index (χ2n) is 8.05. The molecular formula is C23H23N3O3S2. The van der Waals surface area contributed by atoms with Crippen molar-refractivity contribution in [2.75, 3.05) is 10.0 Å². The number of sulfonamides is 1. The Labute approximate surface area is 185 Å². The predicted molar refractivity (Wildman–Crippen MR) is 124 cm³/mol. The number of nitrogens with zero attached hydrogens (tertiary/aromatic N) is 1. The third-order valence-electron chi connectivity index (χ3n) is 5.72. The van der Waals surface area contributed by atoms with E-state index in [1.165, 1.54) is 11.3 Å². The molecule has 1 saturated carbocycles. The Morgan fingerprint density at radius 2 is 1.68 bits per heavy atom. The molecule has 6 nitrogen and oxygen atoms in total. The molecule has 1 heterocycles. The normalized spacial score (nSPS) is 18.3. The van der Waals surface area contributed by atoms with E-state index in [-0.39, 0.29) is 17.1 Å². The van der Waals surface area contributed by atoms with E-state index in [1.807, 2.05) is 42.5 Å². The second kappa shape index (κ2) is 8.09. The first-order chi connectivity index (χ1) is 15.0. The van der Waals surface area contributed by atoms with Crippen molar-refractivity contribution in [3.8, 4) is 11.1 Å². The number of thiazole rings is 1. The summed E-state index contributed by atoms with van der Waals surface area (Å²) in [6.07, 6.45) is 3.82. The lowest BCUT2D eigenvalue weighted by Gasteiger charge is -2.20. The molecule has 2 N–H and O–H groups in total. The summed E-state index contributed by atoms with van der Waals surface area (Å²) in [5.74, 6) is -0.469. The lowest BCUT2D eigenvalue weighted by molar-refractivity contribution is -0.117. The average Bonchev–Trinajstić information content (AvgIpc) is 3.56. The molecule has 2 aliphatic carbocycles. The number of benzene rings is 2. The van der Waals surface area contributed by atoms with Crippen LogP contribution in [-0.4, -0.2) is 24.6 Å². The van der Waals surface area contributed by atoms with Crippen LogP contribution in [0.2, 0.25) is 0 Å². The molecule has 0 radical (unpaired) electrons. The van der Waals surface area contributed by atoms with Crippen molar-refractivity contribution in [1.29, 1.82) is 0 Å². The summed E-state index contributed by atoms with van der Waals surface area (Å²) < 4.78 is 27.1. The Balaban J connectivity index is 1.30. The molecule has 1 fully saturated rings. The van der Waals surface area contributed by atoms with E-state index in [4.69, 9.17) is 0 Å². The van der Waals surface area contributed by atoms with E-state index in [9.17, 15) is 13.2 Å². The zero-order chi connectivity index (χ0) is 21.4. The predicted octanol–water partition coefficient (Wildman–Crippen LogP) is 4.77. The molecule has 0 spiro atoms. The van der Waals surface area contributed by atoms with Gasteiger partial charge in [0, 0.05) is 10.6 Å². The van der Waals surface area contributed by atoms with E-state index in [0.717, 1.165) is 34.5 Å². The lowest BCUT2D eigenvalue weighted by atomic mass is 9.90. The van der Waals surface area contributed by atoms with Gasteiger partial charge in [-0.05, 0) is 55.4 Å². The first-order valence-corrected chi connectivity index (χ1v) is 12.8. The van der Waals surface area contributed by atoms with Gasteiger partial charge in [-0.3, -0.25) is 9.52 Å². The Kier molecular flexibility index (Phi) is 5.27. The molecule has 2 aliphatic rings. The Morgan fingerprint density at radius 3 is 2.39 bits per heavy atom. The highest BCUT2D eigenvalue weighted by Crippen LogP contribution is 2.39. The molecule has 0 aliphatic heterocycles. The topological polar surface area (TPSA) is 88.2 Å². The van der Waals surface area contributed by atoms with Crippen LogP contribution in [0.3, 0.4) is 0 Å². The number of hydrogen-bond acceptors (Lipinski definition) is 5. The van der Waals surface area contributed by atoms with Crippen molar-refractivity contribution in [2.24, 2.45) is 0 Å². The molecule has 2 aromatic carbocycles. The number of nitrogens with one attached hydrogen (secondary N) is 2. The number of carbonyl (C=O) groups excluding carboxylic acids is 1. The SMILES string of the molecule is O=C(Nc1ccc(-c2ccccc2)cc1)C1CCCc2sc(NS(=O)(=O)C3CC3)nc21. The van der Waals surface area contributed by atoms with Crippen LogP contribution in [0, 0.1) is 0 Å². The number of amides is 1. The van der Waals surface area contributed by atoms with Gasteiger partial charge < -0.3 is 5.32 Å². The first kappa shape index (κ1) is 20.2. The minimum atomic E-state index is -3.36. The molecule has 1 atom stereocenters. The Morgan fingerprint density at radius 1 is 0.968 bits per heavy atom. The zero-order valence-electron chi connectivity index (χ0n) is 16.9. The van der Waals surface area contributed by atoms with Crippen LogP contribution >= 0.6 is 11.3 Å². The summed E-state index contributed by atoms with van der Waals surface area (Å²) >= 11 is 1.35. The standard InChI is InChI=1S/C23H23N3O3S2/c27-22(24-17-11-9-16(10-12-17)15-5-2-1-3-6-15)19-7-4-8-20-21(19)25-23(30-20)26-31(28,29)18-13-14-18/h1-3,5-6,9-12,18-19H,4,7-8,13-14H2,(H,24,27)(H,25,26). The van der Waals surface area contributed by atoms with E-state index in [1.54, 1.807) is 0 Å². The highest BCUT2D eigenvalue weighted by Gasteiger charge is 2.37. The number of fused-ring (bicyclic) bond motifs is 1. The summed E-state index contributed by atoms with van der Waals surface area (Å²) in [6.45, 7) is 0. The molecule has 3 aromatic rings. The van der Waals surface area contributed by atoms with Gasteiger partial charge in [-0.15, -0.1) is 11.3 Å². The zero-order valence-corrected chi connectivity index (χ0v) is 18.5. The quantitative estimate of drug-likeness (QED) is 0.563. The van der Waals surface area contributed by atoms with E-state index in [2.05, 4.69) is 27.2 Å². The largest absolute Gasteiger partial charge is 0.326 e. The van der Waals surface area contributed by atoms with Crippen LogP contribution in [0.4, 0.5) is 10.8 Å². The smallest absolute Gasteiger partial charge is 0.237 e. The highest BCUT2D eigenvalue weighted by molar-refractivity contribution is 7.93. The van der Waals surface area contributed by atoms with Gasteiger partial charge in [0.15, 0.2) is 5.13 Å². The number of rotatable bonds is 6. The van der Waals surface area contributed by atoms with Gasteiger partial charge in [-0.2, -0.15) is 0 Å². The number of carbonyl (C=O) groups is 1. The molecule has 5 rings (SSSR count). The first-order valence-electron chi connectivity index (χ1n) is 10.5. The molecule has 1 amide bonds. The molecular weight excluding hydrogens is 430 g/mol. The van der Waals surface area contributed by atoms with Gasteiger partial charge in [0.05, 0.1) is 16.9 Å². The Hall–Kier alpha value is -2.71. The van der Waals surface area contributed by atoms with Gasteiger partial charge >= 0.3 is 0 Å². The summed E-state index contributed by atoms with van der Waals surface area (Å²) in [5.41, 5.74) is 3.66. The minimum Gasteiger partial charge on any atom is -0.326 e. The number of aryl methyl sites for hydroxylation is 1. The third kappa shape index (κ3) is 4.36. The van der Waals surface area contributed by atoms with Crippen molar-refractivity contribution < 1.29 is 13.2 Å². The molecule has 0 saturated heterocycles. The van der Waals surface area contributed by atoms with E-state index >= 15 is 0 Å². The van der Waals surface area contributed by atoms with Crippen molar-refractivity contribution in [1.82, 2.24) is 4.98 Å². The maximum Gasteiger partial charge on any atom is 0.237 e. The fraction of sp³-hybridized carbons (Fsp3) is 0.304. The number of aromatic nitrogens is 1. The molecule has 1 aromatic heterocycles. The van der Waals surface area contributed by atoms with Gasteiger partial charge in [0.2, 0.25) is 15.9 Å². The fourth-order valence-corrected chi connectivity index (χ4v) is 6.55. The summed E-state index contributed by atoms with van der Waals surface area (Å²) in [6, 6.07) is 17.9. The van der Waals surface area contributed by atoms with Crippen molar-refractivity contribution in [3.63, 3.8) is 0 Å². The highest BCUT2D eigenvalue weighted by atomic mass is 32.2. The van der Waals surface area contributed by atoms with Crippen molar-refractivity contribution in [2.45, 2.75) is 43.3 Å². The molecule has 1 unspecified atom stereocenters. The van der Waals surface area contributed by atoms with Gasteiger partial charge in [-0.1, -0.05) is 42.5 Å².